The van der Waals surface area contributed by atoms with Gasteiger partial charge in [-0.1, -0.05) is 24.3 Å². The number of hydrogen-bond acceptors (Lipinski definition) is 4. The second-order valence-electron chi connectivity index (χ2n) is 8.13. The topological polar surface area (TPSA) is 82.2 Å². The van der Waals surface area contributed by atoms with Crippen LogP contribution in [0.25, 0.3) is 11.0 Å². The van der Waals surface area contributed by atoms with Crippen LogP contribution in [0.2, 0.25) is 0 Å². The van der Waals surface area contributed by atoms with E-state index in [2.05, 4.69) is 34.5 Å². The summed E-state index contributed by atoms with van der Waals surface area (Å²) in [4.78, 5) is 29.4. The molecule has 2 aliphatic heterocycles. The molecule has 0 bridgehead atoms. The normalized spacial score (nSPS) is 23.6. The van der Waals surface area contributed by atoms with E-state index in [1.807, 2.05) is 34.1 Å². The lowest BCUT2D eigenvalue weighted by Gasteiger charge is -2.30. The zero-order valence-electron chi connectivity index (χ0n) is 16.5. The van der Waals surface area contributed by atoms with Crippen molar-refractivity contribution in [1.82, 2.24) is 25.2 Å². The van der Waals surface area contributed by atoms with E-state index in [-0.39, 0.29) is 23.8 Å². The smallest absolute Gasteiger partial charge is 0.253 e. The van der Waals surface area contributed by atoms with E-state index < -0.39 is 0 Å². The zero-order chi connectivity index (χ0) is 20.1. The Hall–Kier alpha value is -3.22. The largest absolute Gasteiger partial charge is 0.338 e. The van der Waals surface area contributed by atoms with Gasteiger partial charge in [-0.25, -0.2) is 0 Å². The number of carbonyl (C=O) groups is 2. The second-order valence-corrected chi connectivity index (χ2v) is 8.13. The number of aryl methyl sites for hydroxylation is 1. The molecule has 1 aromatic heterocycles. The van der Waals surface area contributed by atoms with Crippen molar-refractivity contribution in [2.45, 2.75) is 19.9 Å². The van der Waals surface area contributed by atoms with Gasteiger partial charge in [-0.3, -0.25) is 9.59 Å². The summed E-state index contributed by atoms with van der Waals surface area (Å²) in [5.74, 6) is 0.659. The van der Waals surface area contributed by atoms with Gasteiger partial charge in [0.25, 0.3) is 5.91 Å². The van der Waals surface area contributed by atoms with Crippen LogP contribution in [0, 0.1) is 18.8 Å². The van der Waals surface area contributed by atoms with E-state index in [1.165, 1.54) is 11.1 Å². The Bertz CT molecular complexity index is 1110. The Balaban J connectivity index is 1.43. The van der Waals surface area contributed by atoms with Crippen LogP contribution in [0.4, 0.5) is 0 Å². The van der Waals surface area contributed by atoms with Crippen LogP contribution >= 0.6 is 0 Å². The molecule has 0 spiro atoms. The molecule has 2 amide bonds. The highest BCUT2D eigenvalue weighted by molar-refractivity contribution is 5.97. The fourth-order valence-electron chi connectivity index (χ4n) is 5.01. The lowest BCUT2D eigenvalue weighted by atomic mass is 9.87. The first-order valence-electron chi connectivity index (χ1n) is 9.95. The fourth-order valence-corrected chi connectivity index (χ4v) is 5.01. The molecule has 2 saturated heterocycles. The molecule has 3 aromatic rings. The minimum atomic E-state index is 0.0159. The predicted octanol–water partition coefficient (Wildman–Crippen LogP) is 2.56. The van der Waals surface area contributed by atoms with Gasteiger partial charge in [-0.05, 0) is 36.2 Å². The van der Waals surface area contributed by atoms with Gasteiger partial charge in [0, 0.05) is 44.0 Å². The summed E-state index contributed by atoms with van der Waals surface area (Å²) in [6, 6.07) is 13.7. The molecule has 5 rings (SSSR count). The van der Waals surface area contributed by atoms with Gasteiger partial charge in [0.1, 0.15) is 11.0 Å². The summed E-state index contributed by atoms with van der Waals surface area (Å²) in [5.41, 5.74) is 4.44. The molecule has 0 aliphatic carbocycles. The first kappa shape index (κ1) is 17.8. The van der Waals surface area contributed by atoms with Crippen molar-refractivity contribution in [3.8, 4) is 0 Å². The number of likely N-dealkylation sites (tertiary alicyclic amines) is 2. The van der Waals surface area contributed by atoms with Crippen molar-refractivity contribution < 1.29 is 9.59 Å². The SMILES string of the molecule is CC(=O)N1C[C@H]2CN(C(=O)c3ccc4n[nH]nc4c3)C[C@H]2[C@H]1c1ccccc1C. The molecular weight excluding hydrogens is 366 g/mol. The Morgan fingerprint density at radius 1 is 1.03 bits per heavy atom. The van der Waals surface area contributed by atoms with Crippen molar-refractivity contribution in [2.75, 3.05) is 19.6 Å². The Labute approximate surface area is 168 Å². The molecule has 7 nitrogen and oxygen atoms in total. The average molecular weight is 389 g/mol. The summed E-state index contributed by atoms with van der Waals surface area (Å²) < 4.78 is 0. The third-order valence-corrected chi connectivity index (χ3v) is 6.43. The van der Waals surface area contributed by atoms with E-state index >= 15 is 0 Å². The van der Waals surface area contributed by atoms with Crippen LogP contribution < -0.4 is 0 Å². The van der Waals surface area contributed by atoms with E-state index in [4.69, 9.17) is 0 Å². The molecule has 0 saturated carbocycles. The van der Waals surface area contributed by atoms with Gasteiger partial charge in [0.05, 0.1) is 6.04 Å². The number of aromatic nitrogens is 3. The predicted molar refractivity (Wildman–Crippen MR) is 108 cm³/mol. The number of nitrogens with one attached hydrogen (secondary N) is 1. The van der Waals surface area contributed by atoms with Gasteiger partial charge in [0.15, 0.2) is 0 Å². The zero-order valence-corrected chi connectivity index (χ0v) is 16.5. The first-order valence-corrected chi connectivity index (χ1v) is 9.95. The van der Waals surface area contributed by atoms with E-state index in [0.29, 0.717) is 36.6 Å². The van der Waals surface area contributed by atoms with Crippen molar-refractivity contribution in [3.05, 3.63) is 59.2 Å². The van der Waals surface area contributed by atoms with Crippen LogP contribution in [-0.4, -0.2) is 56.7 Å². The summed E-state index contributed by atoms with van der Waals surface area (Å²) >= 11 is 0. The maximum atomic E-state index is 13.2. The van der Waals surface area contributed by atoms with Gasteiger partial charge >= 0.3 is 0 Å². The highest BCUT2D eigenvalue weighted by Crippen LogP contribution is 2.46. The van der Waals surface area contributed by atoms with E-state index in [9.17, 15) is 9.59 Å². The van der Waals surface area contributed by atoms with Crippen LogP contribution in [0.15, 0.2) is 42.5 Å². The third kappa shape index (κ3) is 2.88. The monoisotopic (exact) mass is 389 g/mol. The van der Waals surface area contributed by atoms with Gasteiger partial charge < -0.3 is 9.80 Å². The quantitative estimate of drug-likeness (QED) is 0.730. The fraction of sp³-hybridized carbons (Fsp3) is 0.364. The second kappa shape index (κ2) is 6.69. The maximum Gasteiger partial charge on any atom is 0.253 e. The summed E-state index contributed by atoms with van der Waals surface area (Å²) in [7, 11) is 0. The lowest BCUT2D eigenvalue weighted by molar-refractivity contribution is -0.130. The first-order chi connectivity index (χ1) is 14.0. The number of benzene rings is 2. The number of fused-ring (bicyclic) bond motifs is 2. The molecule has 3 atom stereocenters. The van der Waals surface area contributed by atoms with E-state index in [0.717, 1.165) is 5.52 Å². The number of amides is 2. The van der Waals surface area contributed by atoms with Crippen LogP contribution in [0.5, 0.6) is 0 Å². The summed E-state index contributed by atoms with van der Waals surface area (Å²) in [5, 5.41) is 10.7. The molecule has 148 valence electrons. The summed E-state index contributed by atoms with van der Waals surface area (Å²) in [6.45, 7) is 5.76. The molecule has 7 heteroatoms. The molecule has 2 aromatic carbocycles. The molecule has 1 N–H and O–H groups in total. The average Bonchev–Trinajstić information content (AvgIpc) is 3.41. The van der Waals surface area contributed by atoms with Crippen molar-refractivity contribution in [3.63, 3.8) is 0 Å². The lowest BCUT2D eigenvalue weighted by Crippen LogP contribution is -2.36. The minimum absolute atomic E-state index is 0.0159. The number of aromatic amines is 1. The van der Waals surface area contributed by atoms with Crippen LogP contribution in [-0.2, 0) is 4.79 Å². The molecule has 2 aliphatic rings. The number of H-pyrrole nitrogens is 1. The Morgan fingerprint density at radius 2 is 1.83 bits per heavy atom. The Morgan fingerprint density at radius 3 is 2.62 bits per heavy atom. The molecule has 3 heterocycles. The van der Waals surface area contributed by atoms with Crippen LogP contribution in [0.3, 0.4) is 0 Å². The number of carbonyl (C=O) groups excluding carboxylic acids is 2. The minimum Gasteiger partial charge on any atom is -0.338 e. The Kier molecular flexibility index (Phi) is 4.12. The molecular formula is C22H23N5O2. The maximum absolute atomic E-state index is 13.2. The molecule has 0 unspecified atom stereocenters. The van der Waals surface area contributed by atoms with Gasteiger partial charge in [0.2, 0.25) is 5.91 Å². The van der Waals surface area contributed by atoms with Gasteiger partial charge in [-0.2, -0.15) is 15.4 Å². The number of rotatable bonds is 2. The highest BCUT2D eigenvalue weighted by atomic mass is 16.2. The van der Waals surface area contributed by atoms with Crippen molar-refractivity contribution in [1.29, 1.82) is 0 Å². The van der Waals surface area contributed by atoms with Crippen molar-refractivity contribution >= 4 is 22.8 Å². The van der Waals surface area contributed by atoms with Gasteiger partial charge in [-0.15, -0.1) is 0 Å². The third-order valence-electron chi connectivity index (χ3n) is 6.43. The number of hydrogen-bond donors (Lipinski definition) is 1. The molecule has 2 fully saturated rings. The van der Waals surface area contributed by atoms with Crippen molar-refractivity contribution in [2.24, 2.45) is 11.8 Å². The standard InChI is InChI=1S/C22H23N5O2/c1-13-5-3-4-6-17(13)21-18-12-26(10-16(18)11-27(21)14(2)28)22(29)15-7-8-19-20(9-15)24-25-23-19/h3-9,16,18,21H,10-12H2,1-2H3,(H,23,24,25)/t16-,18-,21-/m1/s1. The van der Waals surface area contributed by atoms with Crippen LogP contribution in [0.1, 0.15) is 34.5 Å². The molecule has 0 radical (unpaired) electrons. The summed E-state index contributed by atoms with van der Waals surface area (Å²) in [6.07, 6.45) is 0. The van der Waals surface area contributed by atoms with E-state index in [1.54, 1.807) is 13.0 Å². The molecule has 29 heavy (non-hydrogen) atoms. The highest BCUT2D eigenvalue weighted by Gasteiger charge is 2.49. The number of nitrogens with zero attached hydrogens (tertiary/aromatic N) is 4.